The molecule has 0 amide bonds. The first-order valence-corrected chi connectivity index (χ1v) is 9.18. The number of rotatable bonds is 5. The van der Waals surface area contributed by atoms with E-state index in [0.29, 0.717) is 0 Å². The third-order valence-electron chi connectivity index (χ3n) is 4.48. The van der Waals surface area contributed by atoms with Crippen molar-refractivity contribution in [3.8, 4) is 11.5 Å². The highest BCUT2D eigenvalue weighted by molar-refractivity contribution is 14.1. The van der Waals surface area contributed by atoms with Crippen molar-refractivity contribution in [2.24, 2.45) is 4.99 Å². The molecule has 0 aliphatic carbocycles. The second-order valence-electron chi connectivity index (χ2n) is 6.04. The van der Waals surface area contributed by atoms with Gasteiger partial charge in [-0.15, -0.1) is 0 Å². The van der Waals surface area contributed by atoms with Gasteiger partial charge in [0.05, 0.1) is 11.9 Å². The number of nitrogens with one attached hydrogen (secondary N) is 3. The summed E-state index contributed by atoms with van der Waals surface area (Å²) >= 11 is 2.31. The van der Waals surface area contributed by atoms with Gasteiger partial charge in [-0.1, -0.05) is 0 Å². The summed E-state index contributed by atoms with van der Waals surface area (Å²) in [4.78, 5) is 6.28. The lowest BCUT2D eigenvalue weighted by Crippen LogP contribution is -2.44. The summed E-state index contributed by atoms with van der Waals surface area (Å²) in [6.45, 7) is 1.82. The van der Waals surface area contributed by atoms with E-state index in [4.69, 9.17) is 9.47 Å². The van der Waals surface area contributed by atoms with Crippen molar-refractivity contribution in [1.29, 1.82) is 0 Å². The molecule has 9 heteroatoms. The molecule has 0 radical (unpaired) electrons. The average molecular weight is 459 g/mol. The molecular weight excluding hydrogens is 440 g/mol. The molecule has 3 N–H and O–H groups in total. The van der Waals surface area contributed by atoms with Crippen LogP contribution in [0.4, 0.5) is 4.39 Å². The fourth-order valence-corrected chi connectivity index (χ4v) is 3.91. The van der Waals surface area contributed by atoms with Crippen LogP contribution >= 0.6 is 22.6 Å². The molecule has 0 aromatic heterocycles. The van der Waals surface area contributed by atoms with Crippen LogP contribution in [0.2, 0.25) is 0 Å². The van der Waals surface area contributed by atoms with Crippen LogP contribution in [0.5, 0.6) is 11.5 Å². The molecule has 1 aromatic rings. The summed E-state index contributed by atoms with van der Waals surface area (Å²) in [5, 5.41) is 9.15. The van der Waals surface area contributed by atoms with Gasteiger partial charge < -0.3 is 25.4 Å². The number of amidine groups is 1. The lowest BCUT2D eigenvalue weighted by atomic mass is 10.1. The maximum absolute atomic E-state index is 13.6. The molecule has 3 aliphatic rings. The number of ether oxygens (including phenoxy) is 2. The number of aliphatic imine (C=N–C) groups is 1. The molecule has 7 nitrogen and oxygen atoms in total. The summed E-state index contributed by atoms with van der Waals surface area (Å²) in [5.41, 5.74) is 2.05. The predicted molar refractivity (Wildman–Crippen MR) is 100 cm³/mol. The highest BCUT2D eigenvalue weighted by Gasteiger charge is 2.38. The first-order chi connectivity index (χ1) is 12.2. The minimum absolute atomic E-state index is 0.0231. The van der Waals surface area contributed by atoms with Gasteiger partial charge in [-0.2, -0.15) is 4.39 Å². The molecule has 0 bridgehead atoms. The monoisotopic (exact) mass is 459 g/mol. The zero-order valence-corrected chi connectivity index (χ0v) is 15.8. The van der Waals surface area contributed by atoms with E-state index in [9.17, 15) is 4.39 Å². The zero-order chi connectivity index (χ0) is 17.4. The van der Waals surface area contributed by atoms with Crippen LogP contribution in [0.3, 0.4) is 0 Å². The van der Waals surface area contributed by atoms with E-state index < -0.39 is 6.09 Å². The molecule has 134 valence electrons. The highest BCUT2D eigenvalue weighted by Crippen LogP contribution is 2.36. The number of likely N-dealkylation sites (N-methyl/N-ethyl adjacent to an activating group) is 1. The molecule has 0 spiro atoms. The largest absolute Gasteiger partial charge is 0.454 e. The molecule has 25 heavy (non-hydrogen) atoms. The van der Waals surface area contributed by atoms with Gasteiger partial charge in [-0.3, -0.25) is 4.90 Å². The third kappa shape index (κ3) is 3.27. The summed E-state index contributed by atoms with van der Waals surface area (Å²) in [6, 6.07) is 4.03. The second-order valence-corrected chi connectivity index (χ2v) is 7.20. The van der Waals surface area contributed by atoms with Crippen LogP contribution in [-0.2, 0) is 6.42 Å². The first kappa shape index (κ1) is 16.9. The van der Waals surface area contributed by atoms with Crippen LogP contribution in [-0.4, -0.2) is 50.3 Å². The summed E-state index contributed by atoms with van der Waals surface area (Å²) < 4.78 is 25.6. The van der Waals surface area contributed by atoms with Gasteiger partial charge in [-0.05, 0) is 47.3 Å². The van der Waals surface area contributed by atoms with Crippen LogP contribution in [0, 0.1) is 3.57 Å². The Morgan fingerprint density at radius 3 is 3.00 bits per heavy atom. The molecule has 1 aromatic carbocycles. The van der Waals surface area contributed by atoms with Gasteiger partial charge in [0.1, 0.15) is 6.17 Å². The maximum Gasteiger partial charge on any atom is 0.283 e. The van der Waals surface area contributed by atoms with E-state index in [1.165, 1.54) is 0 Å². The Hall–Kier alpha value is -1.59. The second kappa shape index (κ2) is 6.96. The summed E-state index contributed by atoms with van der Waals surface area (Å²) in [6.07, 6.45) is 1.57. The zero-order valence-electron chi connectivity index (χ0n) is 13.7. The van der Waals surface area contributed by atoms with Crippen LogP contribution in [0.25, 0.3) is 0 Å². The Bertz CT molecular complexity index is 741. The Kier molecular flexibility index (Phi) is 4.69. The number of nitrogens with zero attached hydrogens (tertiary/aromatic N) is 2. The van der Waals surface area contributed by atoms with Crippen molar-refractivity contribution >= 4 is 28.7 Å². The first-order valence-electron chi connectivity index (χ1n) is 8.10. The Morgan fingerprint density at radius 1 is 1.40 bits per heavy atom. The average Bonchev–Trinajstić information content (AvgIpc) is 3.17. The Balaban J connectivity index is 1.58. The van der Waals surface area contributed by atoms with Crippen molar-refractivity contribution < 1.29 is 13.9 Å². The topological polar surface area (TPSA) is 70.2 Å². The van der Waals surface area contributed by atoms with E-state index in [0.717, 1.165) is 45.8 Å². The van der Waals surface area contributed by atoms with Gasteiger partial charge in [0.15, 0.2) is 11.5 Å². The van der Waals surface area contributed by atoms with Gasteiger partial charge in [-0.25, -0.2) is 4.99 Å². The Morgan fingerprint density at radius 2 is 2.20 bits per heavy atom. The summed E-state index contributed by atoms with van der Waals surface area (Å²) in [5.74, 6) is 1.56. The van der Waals surface area contributed by atoms with Crippen molar-refractivity contribution in [1.82, 2.24) is 20.9 Å². The van der Waals surface area contributed by atoms with Gasteiger partial charge >= 0.3 is 0 Å². The summed E-state index contributed by atoms with van der Waals surface area (Å²) in [7, 11) is 1.91. The molecule has 2 atom stereocenters. The molecular formula is C16H19FIN5O2. The van der Waals surface area contributed by atoms with Gasteiger partial charge in [0.25, 0.3) is 6.09 Å². The SMILES string of the molecule is CNCCN1C(Cc2cc3c(cc2I)OCO3)NC2=CNC(F)=NC21. The predicted octanol–water partition coefficient (Wildman–Crippen LogP) is 1.11. The van der Waals surface area contributed by atoms with E-state index in [-0.39, 0.29) is 19.1 Å². The molecule has 3 aliphatic heterocycles. The molecule has 2 unspecified atom stereocenters. The van der Waals surface area contributed by atoms with Crippen molar-refractivity contribution in [2.45, 2.75) is 18.8 Å². The fourth-order valence-electron chi connectivity index (χ4n) is 3.25. The van der Waals surface area contributed by atoms with E-state index >= 15 is 0 Å². The number of hydrogen-bond acceptors (Lipinski definition) is 7. The van der Waals surface area contributed by atoms with Crippen molar-refractivity contribution in [2.75, 3.05) is 26.9 Å². The number of fused-ring (bicyclic) bond motifs is 2. The minimum atomic E-state index is -0.552. The van der Waals surface area contributed by atoms with Gasteiger partial charge in [0, 0.05) is 29.3 Å². The standard InChI is InChI=1S/C16H19FIN5O2/c1-19-2-3-23-14(21-11-7-20-16(17)22-15(11)23)5-9-4-12-13(6-10(9)18)25-8-24-12/h4,6-7,14-15,19,21H,2-3,5,8H2,1H3,(H,20,22). The quantitative estimate of drug-likeness (QED) is 0.453. The van der Waals surface area contributed by atoms with Gasteiger partial charge in [0.2, 0.25) is 6.79 Å². The lowest BCUT2D eigenvalue weighted by molar-refractivity contribution is 0.174. The fraction of sp³-hybridized carbons (Fsp3) is 0.438. The minimum Gasteiger partial charge on any atom is -0.454 e. The highest BCUT2D eigenvalue weighted by atomic mass is 127. The molecule has 0 saturated carbocycles. The molecule has 4 rings (SSSR count). The third-order valence-corrected chi connectivity index (χ3v) is 5.49. The maximum atomic E-state index is 13.6. The smallest absolute Gasteiger partial charge is 0.283 e. The molecule has 1 saturated heterocycles. The van der Waals surface area contributed by atoms with Crippen LogP contribution in [0.15, 0.2) is 29.0 Å². The molecule has 3 heterocycles. The van der Waals surface area contributed by atoms with Crippen molar-refractivity contribution in [3.63, 3.8) is 0 Å². The van der Waals surface area contributed by atoms with Crippen LogP contribution in [0.1, 0.15) is 5.56 Å². The number of benzene rings is 1. The normalized spacial score (nSPS) is 24.3. The van der Waals surface area contributed by atoms with Crippen LogP contribution < -0.4 is 25.4 Å². The Labute approximate surface area is 158 Å². The van der Waals surface area contributed by atoms with Crippen molar-refractivity contribution in [3.05, 3.63) is 33.2 Å². The lowest BCUT2D eigenvalue weighted by Gasteiger charge is -2.27. The molecule has 1 fully saturated rings. The number of hydrogen-bond donors (Lipinski definition) is 3. The van der Waals surface area contributed by atoms with E-state index in [1.807, 2.05) is 19.2 Å². The van der Waals surface area contributed by atoms with E-state index in [1.54, 1.807) is 6.20 Å². The number of halogens is 2. The van der Waals surface area contributed by atoms with E-state index in [2.05, 4.69) is 48.4 Å².